The Hall–Kier alpha value is -0.890. The summed E-state index contributed by atoms with van der Waals surface area (Å²) >= 11 is 0. The van der Waals surface area contributed by atoms with Crippen LogP contribution in [0.4, 0.5) is 0 Å². The molecule has 22 heavy (non-hydrogen) atoms. The molecule has 2 aliphatic rings. The molecule has 0 aromatic carbocycles. The molecule has 2 amide bonds. The van der Waals surface area contributed by atoms with E-state index in [9.17, 15) is 9.59 Å². The summed E-state index contributed by atoms with van der Waals surface area (Å²) in [6.07, 6.45) is 0.479. The summed E-state index contributed by atoms with van der Waals surface area (Å²) in [5.41, 5.74) is 0. The molecule has 0 aliphatic carbocycles. The van der Waals surface area contributed by atoms with Gasteiger partial charge < -0.3 is 19.9 Å². The number of carbonyl (C=O) groups excluding carboxylic acids is 2. The van der Waals surface area contributed by atoms with Gasteiger partial charge in [-0.1, -0.05) is 0 Å². The van der Waals surface area contributed by atoms with Crippen LogP contribution in [0.15, 0.2) is 0 Å². The zero-order valence-electron chi connectivity index (χ0n) is 13.3. The minimum atomic E-state index is 0. The predicted molar refractivity (Wildman–Crippen MR) is 86.2 cm³/mol. The van der Waals surface area contributed by atoms with Crippen LogP contribution in [0, 0.1) is 0 Å². The standard InChI is InChI=1S/C14H26N4O3.ClH/c1-16(12-14(20)18-8-10-21-11-9-18)5-2-13(19)17-6-3-15-4-7-17;/h15H,2-12H2,1H3;1H. The second kappa shape index (κ2) is 9.99. The van der Waals surface area contributed by atoms with Gasteiger partial charge in [0, 0.05) is 52.2 Å². The molecular formula is C14H27ClN4O3. The molecule has 2 fully saturated rings. The number of nitrogens with zero attached hydrogens (tertiary/aromatic N) is 3. The molecule has 0 aromatic heterocycles. The Kier molecular flexibility index (Phi) is 8.70. The van der Waals surface area contributed by atoms with Gasteiger partial charge in [0.2, 0.25) is 11.8 Å². The van der Waals surface area contributed by atoms with E-state index in [1.54, 1.807) is 0 Å². The van der Waals surface area contributed by atoms with Crippen molar-refractivity contribution in [3.8, 4) is 0 Å². The molecule has 1 N–H and O–H groups in total. The Morgan fingerprint density at radius 3 is 2.27 bits per heavy atom. The Morgan fingerprint density at radius 1 is 1.05 bits per heavy atom. The van der Waals surface area contributed by atoms with Crippen molar-refractivity contribution in [2.24, 2.45) is 0 Å². The van der Waals surface area contributed by atoms with Gasteiger partial charge in [-0.2, -0.15) is 0 Å². The highest BCUT2D eigenvalue weighted by Gasteiger charge is 2.20. The zero-order chi connectivity index (χ0) is 15.1. The summed E-state index contributed by atoms with van der Waals surface area (Å²) in [5, 5.41) is 3.23. The van der Waals surface area contributed by atoms with E-state index in [1.165, 1.54) is 0 Å². The second-order valence-corrected chi connectivity index (χ2v) is 5.61. The Bertz CT molecular complexity index is 358. The van der Waals surface area contributed by atoms with Crippen LogP contribution in [-0.4, -0.2) is 99.1 Å². The number of amides is 2. The van der Waals surface area contributed by atoms with E-state index in [4.69, 9.17) is 4.74 Å². The van der Waals surface area contributed by atoms with Gasteiger partial charge in [-0.15, -0.1) is 12.4 Å². The van der Waals surface area contributed by atoms with Crippen molar-refractivity contribution in [1.29, 1.82) is 0 Å². The van der Waals surface area contributed by atoms with Crippen molar-refractivity contribution in [1.82, 2.24) is 20.0 Å². The fraction of sp³-hybridized carbons (Fsp3) is 0.857. The van der Waals surface area contributed by atoms with Crippen molar-refractivity contribution in [2.75, 3.05) is 72.6 Å². The van der Waals surface area contributed by atoms with Gasteiger partial charge in [0.25, 0.3) is 0 Å². The lowest BCUT2D eigenvalue weighted by atomic mass is 10.3. The van der Waals surface area contributed by atoms with Crippen molar-refractivity contribution in [3.63, 3.8) is 0 Å². The minimum Gasteiger partial charge on any atom is -0.378 e. The number of ether oxygens (including phenoxy) is 1. The van der Waals surface area contributed by atoms with Gasteiger partial charge in [-0.05, 0) is 7.05 Å². The molecule has 7 nitrogen and oxygen atoms in total. The summed E-state index contributed by atoms with van der Waals surface area (Å²) < 4.78 is 5.24. The molecule has 0 spiro atoms. The third-order valence-corrected chi connectivity index (χ3v) is 3.95. The van der Waals surface area contributed by atoms with Gasteiger partial charge in [0.15, 0.2) is 0 Å². The first-order chi connectivity index (χ1) is 10.2. The maximum Gasteiger partial charge on any atom is 0.236 e. The number of morpholine rings is 1. The molecule has 2 aliphatic heterocycles. The number of nitrogens with one attached hydrogen (secondary N) is 1. The summed E-state index contributed by atoms with van der Waals surface area (Å²) in [6, 6.07) is 0. The van der Waals surface area contributed by atoms with E-state index in [0.717, 1.165) is 26.2 Å². The van der Waals surface area contributed by atoms with Crippen molar-refractivity contribution in [2.45, 2.75) is 6.42 Å². The maximum absolute atomic E-state index is 12.1. The summed E-state index contributed by atoms with van der Waals surface area (Å²) in [4.78, 5) is 29.8. The van der Waals surface area contributed by atoms with Crippen molar-refractivity contribution in [3.05, 3.63) is 0 Å². The van der Waals surface area contributed by atoms with Crippen molar-refractivity contribution < 1.29 is 14.3 Å². The van der Waals surface area contributed by atoms with Crippen LogP contribution in [0.1, 0.15) is 6.42 Å². The molecule has 8 heteroatoms. The van der Waals surface area contributed by atoms with E-state index in [2.05, 4.69) is 5.32 Å². The number of rotatable bonds is 5. The Labute approximate surface area is 138 Å². The first-order valence-electron chi connectivity index (χ1n) is 7.69. The summed E-state index contributed by atoms with van der Waals surface area (Å²) in [5.74, 6) is 0.303. The van der Waals surface area contributed by atoms with E-state index in [-0.39, 0.29) is 24.2 Å². The number of halogens is 1. The molecule has 0 radical (unpaired) electrons. The van der Waals surface area contributed by atoms with Crippen LogP contribution >= 0.6 is 12.4 Å². The molecule has 0 saturated carbocycles. The normalized spacial score (nSPS) is 19.0. The maximum atomic E-state index is 12.1. The van der Waals surface area contributed by atoms with E-state index in [0.29, 0.717) is 45.8 Å². The average molecular weight is 335 g/mol. The minimum absolute atomic E-state index is 0. The molecule has 0 bridgehead atoms. The van der Waals surface area contributed by atoms with Gasteiger partial charge in [-0.25, -0.2) is 0 Å². The third kappa shape index (κ3) is 6.08. The summed E-state index contributed by atoms with van der Waals surface area (Å²) in [6.45, 7) is 6.90. The summed E-state index contributed by atoms with van der Waals surface area (Å²) in [7, 11) is 1.89. The molecule has 2 heterocycles. The van der Waals surface area contributed by atoms with E-state index < -0.39 is 0 Å². The highest BCUT2D eigenvalue weighted by molar-refractivity contribution is 5.85. The fourth-order valence-corrected chi connectivity index (χ4v) is 2.58. The van der Waals surface area contributed by atoms with Crippen LogP contribution in [0.2, 0.25) is 0 Å². The van der Waals surface area contributed by atoms with Gasteiger partial charge in [0.05, 0.1) is 19.8 Å². The molecule has 0 aromatic rings. The van der Waals surface area contributed by atoms with Gasteiger partial charge in [0.1, 0.15) is 0 Å². The number of piperazine rings is 1. The van der Waals surface area contributed by atoms with Crippen LogP contribution < -0.4 is 5.32 Å². The van der Waals surface area contributed by atoms with Crippen LogP contribution in [0.25, 0.3) is 0 Å². The highest BCUT2D eigenvalue weighted by atomic mass is 35.5. The Balaban J connectivity index is 0.00000242. The predicted octanol–water partition coefficient (Wildman–Crippen LogP) is -0.979. The lowest BCUT2D eigenvalue weighted by Crippen LogP contribution is -2.47. The molecule has 128 valence electrons. The first-order valence-corrected chi connectivity index (χ1v) is 7.69. The quantitative estimate of drug-likeness (QED) is 0.700. The van der Waals surface area contributed by atoms with E-state index in [1.807, 2.05) is 21.7 Å². The molecule has 0 atom stereocenters. The third-order valence-electron chi connectivity index (χ3n) is 3.95. The largest absolute Gasteiger partial charge is 0.378 e. The smallest absolute Gasteiger partial charge is 0.236 e. The SMILES string of the molecule is CN(CCC(=O)N1CCNCC1)CC(=O)N1CCOCC1.Cl. The fourth-order valence-electron chi connectivity index (χ4n) is 2.58. The van der Waals surface area contributed by atoms with Gasteiger partial charge >= 0.3 is 0 Å². The lowest BCUT2D eigenvalue weighted by molar-refractivity contribution is -0.137. The zero-order valence-corrected chi connectivity index (χ0v) is 14.1. The van der Waals surface area contributed by atoms with Gasteiger partial charge in [-0.3, -0.25) is 14.5 Å². The number of likely N-dealkylation sites (N-methyl/N-ethyl adjacent to an activating group) is 1. The average Bonchev–Trinajstić information content (AvgIpc) is 2.54. The van der Waals surface area contributed by atoms with Crippen molar-refractivity contribution >= 4 is 24.2 Å². The van der Waals surface area contributed by atoms with Crippen LogP contribution in [0.3, 0.4) is 0 Å². The molecular weight excluding hydrogens is 308 g/mol. The number of hydrogen-bond acceptors (Lipinski definition) is 5. The topological polar surface area (TPSA) is 65.1 Å². The molecule has 2 rings (SSSR count). The van der Waals surface area contributed by atoms with Crippen LogP contribution in [-0.2, 0) is 14.3 Å². The lowest BCUT2D eigenvalue weighted by Gasteiger charge is -2.30. The first kappa shape index (κ1) is 19.2. The molecule has 2 saturated heterocycles. The Morgan fingerprint density at radius 2 is 1.64 bits per heavy atom. The molecule has 0 unspecified atom stereocenters. The van der Waals surface area contributed by atoms with Crippen LogP contribution in [0.5, 0.6) is 0 Å². The number of carbonyl (C=O) groups is 2. The second-order valence-electron chi connectivity index (χ2n) is 5.61. The van der Waals surface area contributed by atoms with E-state index >= 15 is 0 Å². The number of hydrogen-bond donors (Lipinski definition) is 1. The monoisotopic (exact) mass is 334 g/mol. The highest BCUT2D eigenvalue weighted by Crippen LogP contribution is 2.01.